The van der Waals surface area contributed by atoms with Gasteiger partial charge < -0.3 is 15.3 Å². The molecule has 1 amide bonds. The molecule has 0 unspecified atom stereocenters. The summed E-state index contributed by atoms with van der Waals surface area (Å²) in [6.45, 7) is 0. The molecule has 1 aliphatic rings. The highest BCUT2D eigenvalue weighted by Gasteiger charge is 2.44. The highest BCUT2D eigenvalue weighted by Crippen LogP contribution is 2.44. The Bertz CT molecular complexity index is 1540. The number of carbonyl (C=O) groups excluding carboxylic acids is 1. The molecule has 4 aromatic rings. The van der Waals surface area contributed by atoms with Crippen LogP contribution < -0.4 is 10.2 Å². The van der Waals surface area contributed by atoms with Gasteiger partial charge in [-0.15, -0.1) is 11.8 Å². The van der Waals surface area contributed by atoms with Crippen molar-refractivity contribution >= 4 is 66.9 Å². The van der Waals surface area contributed by atoms with Gasteiger partial charge in [-0.3, -0.25) is 9.89 Å². The largest absolute Gasteiger partial charge is 0.490 e. The summed E-state index contributed by atoms with van der Waals surface area (Å²) in [5, 5.41) is 18.2. The SMILES string of the molecule is CSc1c(F)c(N(C)C)c2[nH]ncc2c1-c1ccc2nc(NC(=O)[C@@H]3C[C@@H]3F)sc2c1.O=C(O)C(F)(F)F. The van der Waals surface area contributed by atoms with Crippen LogP contribution in [0.15, 0.2) is 29.3 Å². The van der Waals surface area contributed by atoms with Gasteiger partial charge in [0.05, 0.1) is 38.4 Å². The number of rotatable bonds is 5. The van der Waals surface area contributed by atoms with E-state index in [1.165, 1.54) is 23.1 Å². The molecule has 1 fully saturated rings. The molecule has 1 aliphatic carbocycles. The molecule has 202 valence electrons. The lowest BCUT2D eigenvalue weighted by Gasteiger charge is -2.19. The number of hydrogen-bond acceptors (Lipinski definition) is 7. The second-order valence-corrected chi connectivity index (χ2v) is 10.3. The van der Waals surface area contributed by atoms with Crippen molar-refractivity contribution in [2.45, 2.75) is 23.7 Å². The standard InChI is InChI=1S/C21H19F2N5OS2.C2HF3O2/c1-28(2)18-16(23)19(30-3)15(11-8-24-27-17(11)18)9-4-5-13-14(6-9)31-21(25-13)26-20(29)10-7-12(10)22;3-2(4,5)1(6)7/h4-6,8,10,12H,7H2,1-3H3,(H,24,27)(H,25,26,29);(H,6,7)/t10-,12+;/m1./s1. The number of thioether (sulfide) groups is 1. The Morgan fingerprint density at radius 3 is 2.50 bits per heavy atom. The number of carbonyl (C=O) groups is 2. The zero-order chi connectivity index (χ0) is 27.9. The number of aliphatic carboxylic acids is 1. The van der Waals surface area contributed by atoms with Crippen molar-refractivity contribution in [3.05, 3.63) is 30.2 Å². The van der Waals surface area contributed by atoms with Gasteiger partial charge in [-0.2, -0.15) is 18.3 Å². The molecule has 5 rings (SSSR count). The van der Waals surface area contributed by atoms with Crippen LogP contribution in [0.25, 0.3) is 32.2 Å². The van der Waals surface area contributed by atoms with Crippen LogP contribution in [0, 0.1) is 11.7 Å². The number of nitrogens with zero attached hydrogens (tertiary/aromatic N) is 3. The van der Waals surface area contributed by atoms with Crippen LogP contribution in [0.4, 0.5) is 32.8 Å². The summed E-state index contributed by atoms with van der Waals surface area (Å²) < 4.78 is 61.2. The van der Waals surface area contributed by atoms with E-state index in [0.29, 0.717) is 21.2 Å². The van der Waals surface area contributed by atoms with Gasteiger partial charge in [0.15, 0.2) is 10.9 Å². The monoisotopic (exact) mass is 573 g/mol. The second kappa shape index (κ2) is 10.4. The molecular formula is C23H20F5N5O3S2. The number of nitrogens with one attached hydrogen (secondary N) is 2. The van der Waals surface area contributed by atoms with Gasteiger partial charge in [0, 0.05) is 25.0 Å². The van der Waals surface area contributed by atoms with Crippen LogP contribution in [-0.4, -0.2) is 64.9 Å². The molecule has 2 aromatic heterocycles. The normalized spacial score (nSPS) is 16.7. The summed E-state index contributed by atoms with van der Waals surface area (Å²) in [7, 11) is 3.60. The maximum Gasteiger partial charge on any atom is 0.490 e. The van der Waals surface area contributed by atoms with Crippen LogP contribution in [0.1, 0.15) is 6.42 Å². The Labute approximate surface area is 220 Å². The topological polar surface area (TPSA) is 111 Å². The molecule has 2 aromatic carbocycles. The molecular weight excluding hydrogens is 553 g/mol. The first-order chi connectivity index (χ1) is 17.8. The molecule has 15 heteroatoms. The van der Waals surface area contributed by atoms with Crippen molar-refractivity contribution in [3.63, 3.8) is 0 Å². The average Bonchev–Trinajstić information content (AvgIpc) is 3.20. The van der Waals surface area contributed by atoms with E-state index in [1.807, 2.05) is 24.5 Å². The van der Waals surface area contributed by atoms with Crippen molar-refractivity contribution in [3.8, 4) is 11.1 Å². The molecule has 1 saturated carbocycles. The number of hydrogen-bond donors (Lipinski definition) is 3. The van der Waals surface area contributed by atoms with Crippen LogP contribution in [-0.2, 0) is 9.59 Å². The first kappa shape index (κ1) is 27.6. The number of thiazole rings is 1. The minimum Gasteiger partial charge on any atom is -0.475 e. The molecule has 0 spiro atoms. The molecule has 0 saturated heterocycles. The summed E-state index contributed by atoms with van der Waals surface area (Å²) in [5.41, 5.74) is 3.42. The van der Waals surface area contributed by atoms with Crippen LogP contribution in [0.5, 0.6) is 0 Å². The summed E-state index contributed by atoms with van der Waals surface area (Å²) in [5.74, 6) is -3.96. The third-order valence-electron chi connectivity index (χ3n) is 5.63. The van der Waals surface area contributed by atoms with Gasteiger partial charge in [0.25, 0.3) is 0 Å². The maximum absolute atomic E-state index is 15.5. The van der Waals surface area contributed by atoms with Gasteiger partial charge in [0.1, 0.15) is 6.17 Å². The van der Waals surface area contributed by atoms with E-state index >= 15 is 4.39 Å². The van der Waals surface area contributed by atoms with Gasteiger partial charge >= 0.3 is 12.1 Å². The van der Waals surface area contributed by atoms with Crippen molar-refractivity contribution in [2.75, 3.05) is 30.6 Å². The molecule has 8 nitrogen and oxygen atoms in total. The molecule has 2 heterocycles. The maximum atomic E-state index is 15.5. The number of benzene rings is 2. The summed E-state index contributed by atoms with van der Waals surface area (Å²) >= 11 is 2.66. The first-order valence-electron chi connectivity index (χ1n) is 10.9. The van der Waals surface area contributed by atoms with Gasteiger partial charge in [0.2, 0.25) is 5.91 Å². The number of fused-ring (bicyclic) bond motifs is 2. The molecule has 38 heavy (non-hydrogen) atoms. The Morgan fingerprint density at radius 2 is 1.95 bits per heavy atom. The zero-order valence-corrected chi connectivity index (χ0v) is 21.6. The number of halogens is 5. The zero-order valence-electron chi connectivity index (χ0n) is 20.0. The van der Waals surface area contributed by atoms with Crippen molar-refractivity contribution in [1.29, 1.82) is 0 Å². The predicted molar refractivity (Wildman–Crippen MR) is 136 cm³/mol. The fraction of sp³-hybridized carbons (Fsp3) is 0.304. The smallest absolute Gasteiger partial charge is 0.475 e. The third kappa shape index (κ3) is 5.38. The first-order valence-corrected chi connectivity index (χ1v) is 12.9. The Hall–Kier alpha value is -3.46. The Balaban J connectivity index is 0.000000426. The number of anilines is 2. The molecule has 0 bridgehead atoms. The fourth-order valence-corrected chi connectivity index (χ4v) is 5.39. The third-order valence-corrected chi connectivity index (χ3v) is 7.36. The predicted octanol–water partition coefficient (Wildman–Crippen LogP) is 5.70. The van der Waals surface area contributed by atoms with Gasteiger partial charge in [-0.1, -0.05) is 17.4 Å². The van der Waals surface area contributed by atoms with Gasteiger partial charge in [-0.05, 0) is 30.4 Å². The number of aromatic amines is 1. The molecule has 3 N–H and O–H groups in total. The molecule has 0 radical (unpaired) electrons. The second-order valence-electron chi connectivity index (χ2n) is 8.48. The van der Waals surface area contributed by atoms with E-state index in [2.05, 4.69) is 20.5 Å². The highest BCUT2D eigenvalue weighted by molar-refractivity contribution is 7.98. The van der Waals surface area contributed by atoms with Crippen LogP contribution in [0.2, 0.25) is 0 Å². The highest BCUT2D eigenvalue weighted by atomic mass is 32.2. The van der Waals surface area contributed by atoms with E-state index in [-0.39, 0.29) is 18.1 Å². The van der Waals surface area contributed by atoms with Crippen molar-refractivity contribution in [2.24, 2.45) is 5.92 Å². The quantitative estimate of drug-likeness (QED) is 0.208. The number of carboxylic acids is 1. The number of amides is 1. The number of alkyl halides is 4. The molecule has 2 atom stereocenters. The van der Waals surface area contributed by atoms with Crippen molar-refractivity contribution in [1.82, 2.24) is 15.2 Å². The van der Waals surface area contributed by atoms with Crippen molar-refractivity contribution < 1.29 is 36.6 Å². The average molecular weight is 574 g/mol. The number of carboxylic acid groups (broad SMARTS) is 1. The van der Waals surface area contributed by atoms with E-state index < -0.39 is 24.2 Å². The van der Waals surface area contributed by atoms with E-state index in [0.717, 1.165) is 26.7 Å². The van der Waals surface area contributed by atoms with Crippen LogP contribution in [0.3, 0.4) is 0 Å². The number of aromatic nitrogens is 3. The fourth-order valence-electron chi connectivity index (χ4n) is 3.77. The summed E-state index contributed by atoms with van der Waals surface area (Å²) in [6, 6.07) is 5.68. The minimum atomic E-state index is -5.08. The lowest BCUT2D eigenvalue weighted by Crippen LogP contribution is -2.21. The summed E-state index contributed by atoms with van der Waals surface area (Å²) in [4.78, 5) is 27.6. The van der Waals surface area contributed by atoms with E-state index in [1.54, 1.807) is 25.2 Å². The Morgan fingerprint density at radius 1 is 1.29 bits per heavy atom. The van der Waals surface area contributed by atoms with E-state index in [4.69, 9.17) is 9.90 Å². The Kier molecular flexibility index (Phi) is 7.52. The number of H-pyrrole nitrogens is 1. The lowest BCUT2D eigenvalue weighted by molar-refractivity contribution is -0.192. The van der Waals surface area contributed by atoms with E-state index in [9.17, 15) is 22.4 Å². The molecule has 0 aliphatic heterocycles. The summed E-state index contributed by atoms with van der Waals surface area (Å²) in [6.07, 6.45) is -2.30. The lowest BCUT2D eigenvalue weighted by atomic mass is 10.00. The van der Waals surface area contributed by atoms with Gasteiger partial charge in [-0.25, -0.2) is 18.6 Å². The van der Waals surface area contributed by atoms with Crippen LogP contribution >= 0.6 is 23.1 Å². The minimum absolute atomic E-state index is 0.271.